The molecule has 0 bridgehead atoms. The van der Waals surface area contributed by atoms with E-state index in [1.165, 1.54) is 4.31 Å². The van der Waals surface area contributed by atoms with Gasteiger partial charge in [0, 0.05) is 23.7 Å². The molecule has 0 radical (unpaired) electrons. The lowest BCUT2D eigenvalue weighted by Gasteiger charge is -2.20. The summed E-state index contributed by atoms with van der Waals surface area (Å²) in [5.41, 5.74) is 1.90. The van der Waals surface area contributed by atoms with Crippen LogP contribution in [0.3, 0.4) is 0 Å². The largest absolute Gasteiger partial charge is 0.478 e. The summed E-state index contributed by atoms with van der Waals surface area (Å²) in [5, 5.41) is 3.33. The molecule has 6 nitrogen and oxygen atoms in total. The Morgan fingerprint density at radius 2 is 2.00 bits per heavy atom. The first kappa shape index (κ1) is 18.5. The number of hydrogen-bond donors (Lipinski definition) is 1. The summed E-state index contributed by atoms with van der Waals surface area (Å²) >= 11 is 5.99. The lowest BCUT2D eigenvalue weighted by molar-refractivity contribution is -0.122. The smallest absolute Gasteiger partial charge is 0.265 e. The molecule has 1 aliphatic heterocycles. The first-order valence-corrected chi connectivity index (χ1v) is 10.3. The molecule has 0 saturated heterocycles. The Kier molecular flexibility index (Phi) is 5.11. The molecule has 0 saturated carbocycles. The highest BCUT2D eigenvalue weighted by Crippen LogP contribution is 2.34. The van der Waals surface area contributed by atoms with E-state index in [0.29, 0.717) is 22.1 Å². The molecule has 0 aromatic heterocycles. The van der Waals surface area contributed by atoms with Crippen LogP contribution in [0.4, 0.5) is 11.4 Å². The predicted molar refractivity (Wildman–Crippen MR) is 102 cm³/mol. The van der Waals surface area contributed by atoms with Gasteiger partial charge in [-0.2, -0.15) is 0 Å². The third-order valence-corrected chi connectivity index (χ3v) is 5.56. The van der Waals surface area contributed by atoms with Gasteiger partial charge >= 0.3 is 0 Å². The summed E-state index contributed by atoms with van der Waals surface area (Å²) in [6, 6.07) is 12.0. The van der Waals surface area contributed by atoms with Crippen molar-refractivity contribution < 1.29 is 17.9 Å². The maximum Gasteiger partial charge on any atom is 0.265 e. The van der Waals surface area contributed by atoms with Crippen LogP contribution in [-0.2, 0) is 14.8 Å². The summed E-state index contributed by atoms with van der Waals surface area (Å²) < 4.78 is 31.3. The zero-order chi connectivity index (χ0) is 18.9. The molecule has 26 heavy (non-hydrogen) atoms. The van der Waals surface area contributed by atoms with E-state index in [-0.39, 0.29) is 18.9 Å². The molecule has 2 aromatic carbocycles. The number of sulfonamides is 1. The van der Waals surface area contributed by atoms with Gasteiger partial charge in [-0.3, -0.25) is 9.10 Å². The minimum Gasteiger partial charge on any atom is -0.478 e. The maximum absolute atomic E-state index is 12.7. The number of anilines is 2. The number of ether oxygens (including phenoxy) is 1. The highest BCUT2D eigenvalue weighted by Gasteiger charge is 2.31. The molecule has 138 valence electrons. The maximum atomic E-state index is 12.7. The lowest BCUT2D eigenvalue weighted by atomic mass is 10.2. The zero-order valence-corrected chi connectivity index (χ0v) is 16.0. The average molecular weight is 395 g/mol. The van der Waals surface area contributed by atoms with E-state index in [2.05, 4.69) is 5.32 Å². The van der Waals surface area contributed by atoms with Gasteiger partial charge in [-0.1, -0.05) is 29.8 Å². The fourth-order valence-electron chi connectivity index (χ4n) is 2.80. The molecule has 2 aromatic rings. The zero-order valence-electron chi connectivity index (χ0n) is 14.4. The monoisotopic (exact) mass is 394 g/mol. The summed E-state index contributed by atoms with van der Waals surface area (Å²) in [6.45, 7) is 2.02. The number of rotatable bonds is 3. The van der Waals surface area contributed by atoms with Crippen molar-refractivity contribution >= 4 is 38.9 Å². The molecule has 1 atom stereocenters. The quantitative estimate of drug-likeness (QED) is 0.867. The summed E-state index contributed by atoms with van der Waals surface area (Å²) in [4.78, 5) is 12.7. The SMILES string of the molecule is Cc1ccc(Cl)cc1NC(=O)[C@@H]1CCN(S(C)(=O)=O)c2ccccc2O1. The van der Waals surface area contributed by atoms with Crippen molar-refractivity contribution in [1.82, 2.24) is 0 Å². The molecule has 1 aliphatic rings. The number of benzene rings is 2. The fourth-order valence-corrected chi connectivity index (χ4v) is 3.92. The van der Waals surface area contributed by atoms with Crippen LogP contribution in [0.15, 0.2) is 42.5 Å². The van der Waals surface area contributed by atoms with Gasteiger partial charge in [-0.05, 0) is 36.8 Å². The van der Waals surface area contributed by atoms with E-state index in [0.717, 1.165) is 11.8 Å². The molecule has 0 aliphatic carbocycles. The van der Waals surface area contributed by atoms with Gasteiger partial charge in [0.25, 0.3) is 5.91 Å². The Morgan fingerprint density at radius 3 is 2.73 bits per heavy atom. The summed E-state index contributed by atoms with van der Waals surface area (Å²) in [5.74, 6) is 0.0129. The second-order valence-electron chi connectivity index (χ2n) is 6.15. The number of carbonyl (C=O) groups excluding carboxylic acids is 1. The van der Waals surface area contributed by atoms with Gasteiger partial charge in [0.1, 0.15) is 5.75 Å². The molecule has 0 fully saturated rings. The van der Waals surface area contributed by atoms with Gasteiger partial charge < -0.3 is 10.1 Å². The third kappa shape index (κ3) is 3.94. The number of nitrogens with zero attached hydrogens (tertiary/aromatic N) is 1. The van der Waals surface area contributed by atoms with Crippen LogP contribution in [0.5, 0.6) is 5.75 Å². The van der Waals surface area contributed by atoms with E-state index in [4.69, 9.17) is 16.3 Å². The van der Waals surface area contributed by atoms with Gasteiger partial charge in [-0.25, -0.2) is 8.42 Å². The molecule has 0 unspecified atom stereocenters. The number of halogens is 1. The second kappa shape index (κ2) is 7.17. The van der Waals surface area contributed by atoms with Crippen LogP contribution in [0.25, 0.3) is 0 Å². The molecule has 1 heterocycles. The number of carbonyl (C=O) groups is 1. The molecule has 1 amide bonds. The van der Waals surface area contributed by atoms with Crippen LogP contribution in [0, 0.1) is 6.92 Å². The second-order valence-corrected chi connectivity index (χ2v) is 8.49. The molecule has 0 spiro atoms. The van der Waals surface area contributed by atoms with Crippen LogP contribution >= 0.6 is 11.6 Å². The van der Waals surface area contributed by atoms with E-state index in [1.54, 1.807) is 36.4 Å². The predicted octanol–water partition coefficient (Wildman–Crippen LogP) is 3.20. The Labute approximate surface area is 157 Å². The van der Waals surface area contributed by atoms with E-state index in [1.807, 2.05) is 13.0 Å². The normalized spacial score (nSPS) is 17.0. The fraction of sp³-hybridized carbons (Fsp3) is 0.278. The Bertz CT molecular complexity index is 946. The number of amides is 1. The van der Waals surface area contributed by atoms with Gasteiger partial charge in [0.2, 0.25) is 10.0 Å². The van der Waals surface area contributed by atoms with Crippen LogP contribution in [0.2, 0.25) is 5.02 Å². The van der Waals surface area contributed by atoms with Crippen LogP contribution in [0.1, 0.15) is 12.0 Å². The van der Waals surface area contributed by atoms with E-state index in [9.17, 15) is 13.2 Å². The van der Waals surface area contributed by atoms with Crippen molar-refractivity contribution in [2.24, 2.45) is 0 Å². The summed E-state index contributed by atoms with van der Waals surface area (Å²) in [6.07, 6.45) is 0.550. The van der Waals surface area contributed by atoms with Crippen LogP contribution < -0.4 is 14.4 Å². The van der Waals surface area contributed by atoms with Gasteiger partial charge in [-0.15, -0.1) is 0 Å². The molecular formula is C18H19ClN2O4S. The van der Waals surface area contributed by atoms with Crippen molar-refractivity contribution in [3.05, 3.63) is 53.1 Å². The highest BCUT2D eigenvalue weighted by atomic mass is 35.5. The number of fused-ring (bicyclic) bond motifs is 1. The first-order chi connectivity index (χ1) is 12.3. The van der Waals surface area contributed by atoms with Crippen molar-refractivity contribution in [3.63, 3.8) is 0 Å². The van der Waals surface area contributed by atoms with Crippen molar-refractivity contribution in [2.75, 3.05) is 22.4 Å². The lowest BCUT2D eigenvalue weighted by Crippen LogP contribution is -2.36. The molecule has 3 rings (SSSR count). The third-order valence-electron chi connectivity index (χ3n) is 4.15. The molecule has 8 heteroatoms. The first-order valence-electron chi connectivity index (χ1n) is 8.06. The minimum absolute atomic E-state index is 0.155. The minimum atomic E-state index is -3.48. The average Bonchev–Trinajstić information content (AvgIpc) is 2.77. The van der Waals surface area contributed by atoms with E-state index >= 15 is 0 Å². The van der Waals surface area contributed by atoms with Gasteiger partial charge in [0.15, 0.2) is 6.10 Å². The van der Waals surface area contributed by atoms with Crippen molar-refractivity contribution in [1.29, 1.82) is 0 Å². The Hall–Kier alpha value is -2.25. The number of nitrogens with one attached hydrogen (secondary N) is 1. The summed E-state index contributed by atoms with van der Waals surface area (Å²) in [7, 11) is -3.48. The number of aryl methyl sites for hydroxylation is 1. The molecule has 1 N–H and O–H groups in total. The molecular weight excluding hydrogens is 376 g/mol. The number of hydrogen-bond acceptors (Lipinski definition) is 4. The number of para-hydroxylation sites is 2. The van der Waals surface area contributed by atoms with E-state index < -0.39 is 16.1 Å². The topological polar surface area (TPSA) is 75.7 Å². The Balaban J connectivity index is 1.87. The standard InChI is InChI=1S/C18H19ClN2O4S/c1-12-7-8-13(19)11-14(12)20-18(22)17-9-10-21(26(2,23)24)15-5-3-4-6-16(15)25-17/h3-8,11,17H,9-10H2,1-2H3,(H,20,22)/t17-/m0/s1. The van der Waals surface area contributed by atoms with Crippen LogP contribution in [-0.4, -0.2) is 33.2 Å². The van der Waals surface area contributed by atoms with Gasteiger partial charge in [0.05, 0.1) is 11.9 Å². The Morgan fingerprint density at radius 1 is 1.27 bits per heavy atom. The highest BCUT2D eigenvalue weighted by molar-refractivity contribution is 7.92. The van der Waals surface area contributed by atoms with Crippen molar-refractivity contribution in [3.8, 4) is 5.75 Å². The van der Waals surface area contributed by atoms with Crippen molar-refractivity contribution in [2.45, 2.75) is 19.4 Å².